The van der Waals surface area contributed by atoms with E-state index in [-0.39, 0.29) is 18.0 Å². The van der Waals surface area contributed by atoms with Crippen LogP contribution < -0.4 is 0 Å². The number of methoxy groups -OCH3 is 1. The summed E-state index contributed by atoms with van der Waals surface area (Å²) in [6, 6.07) is 0. The molecule has 0 aromatic carbocycles. The maximum Gasteiger partial charge on any atom is 0.161 e. The van der Waals surface area contributed by atoms with Crippen LogP contribution in [-0.2, 0) is 14.3 Å². The number of carbonyl (C=O) groups is 1. The Hall–Kier alpha value is -0.410. The van der Waals surface area contributed by atoms with E-state index in [2.05, 4.69) is 0 Å². The fraction of sp³-hybridized carbons (Fsp3) is 0.917. The number of ketones is 1. The lowest BCUT2D eigenvalue weighted by Gasteiger charge is -2.29. The zero-order valence-corrected chi connectivity index (χ0v) is 9.99. The van der Waals surface area contributed by atoms with Crippen molar-refractivity contribution >= 4 is 5.78 Å². The van der Waals surface area contributed by atoms with Gasteiger partial charge < -0.3 is 9.47 Å². The van der Waals surface area contributed by atoms with Crippen molar-refractivity contribution in [2.45, 2.75) is 64.3 Å². The summed E-state index contributed by atoms with van der Waals surface area (Å²) in [5, 5.41) is 0. The smallest absolute Gasteiger partial charge is 0.161 e. The van der Waals surface area contributed by atoms with Crippen molar-refractivity contribution in [3.8, 4) is 0 Å². The monoisotopic (exact) mass is 214 g/mol. The Morgan fingerprint density at radius 3 is 2.67 bits per heavy atom. The lowest BCUT2D eigenvalue weighted by Crippen LogP contribution is -2.32. The van der Waals surface area contributed by atoms with Crippen molar-refractivity contribution in [1.82, 2.24) is 0 Å². The normalized spacial score (nSPS) is 28.7. The van der Waals surface area contributed by atoms with E-state index in [4.69, 9.17) is 9.47 Å². The summed E-state index contributed by atoms with van der Waals surface area (Å²) >= 11 is 0. The average Bonchev–Trinajstić information content (AvgIpc) is 2.28. The second-order valence-corrected chi connectivity index (χ2v) is 4.24. The van der Waals surface area contributed by atoms with Gasteiger partial charge in [0.25, 0.3) is 0 Å². The highest BCUT2D eigenvalue weighted by Gasteiger charge is 2.25. The molecule has 0 spiro atoms. The van der Waals surface area contributed by atoms with Gasteiger partial charge in [-0.25, -0.2) is 0 Å². The minimum Gasteiger partial charge on any atom is -0.381 e. The van der Waals surface area contributed by atoms with Crippen molar-refractivity contribution in [1.29, 1.82) is 0 Å². The van der Waals surface area contributed by atoms with Gasteiger partial charge in [-0.3, -0.25) is 4.79 Å². The fourth-order valence-electron chi connectivity index (χ4n) is 2.09. The van der Waals surface area contributed by atoms with Gasteiger partial charge in [-0.1, -0.05) is 6.92 Å². The summed E-state index contributed by atoms with van der Waals surface area (Å²) in [7, 11) is 1.74. The Kier molecular flexibility index (Phi) is 5.26. The number of Topliss-reactive ketones (excluding diaryl/α,β-unsaturated/α-hetero) is 1. The molecule has 0 saturated heterocycles. The second-order valence-electron chi connectivity index (χ2n) is 4.24. The van der Waals surface area contributed by atoms with Gasteiger partial charge >= 0.3 is 0 Å². The van der Waals surface area contributed by atoms with Crippen LogP contribution in [0.2, 0.25) is 0 Å². The zero-order chi connectivity index (χ0) is 11.3. The Morgan fingerprint density at radius 2 is 2.07 bits per heavy atom. The van der Waals surface area contributed by atoms with E-state index in [0.29, 0.717) is 12.5 Å². The quantitative estimate of drug-likeness (QED) is 0.704. The predicted molar refractivity (Wildman–Crippen MR) is 58.9 cm³/mol. The van der Waals surface area contributed by atoms with Crippen LogP contribution >= 0.6 is 0 Å². The van der Waals surface area contributed by atoms with E-state index in [1.807, 2.05) is 13.8 Å². The van der Waals surface area contributed by atoms with Crippen LogP contribution in [0, 0.1) is 0 Å². The summed E-state index contributed by atoms with van der Waals surface area (Å²) in [5.41, 5.74) is 0. The molecule has 1 saturated carbocycles. The predicted octanol–water partition coefficient (Wildman–Crippen LogP) is 2.33. The highest BCUT2D eigenvalue weighted by Crippen LogP contribution is 2.24. The van der Waals surface area contributed by atoms with Crippen molar-refractivity contribution in [2.24, 2.45) is 0 Å². The van der Waals surface area contributed by atoms with Gasteiger partial charge in [0.05, 0.1) is 12.2 Å². The molecule has 3 unspecified atom stereocenters. The van der Waals surface area contributed by atoms with Crippen LogP contribution in [0.5, 0.6) is 0 Å². The van der Waals surface area contributed by atoms with Crippen LogP contribution in [0.1, 0.15) is 46.0 Å². The summed E-state index contributed by atoms with van der Waals surface area (Å²) in [4.78, 5) is 11.4. The van der Waals surface area contributed by atoms with E-state index in [0.717, 1.165) is 25.7 Å². The highest BCUT2D eigenvalue weighted by molar-refractivity contribution is 5.82. The minimum atomic E-state index is -0.254. The molecule has 1 rings (SSSR count). The van der Waals surface area contributed by atoms with E-state index in [1.54, 1.807) is 7.11 Å². The average molecular weight is 214 g/mol. The minimum absolute atomic E-state index is 0.189. The molecule has 1 fully saturated rings. The molecule has 0 bridgehead atoms. The van der Waals surface area contributed by atoms with Gasteiger partial charge in [0.2, 0.25) is 0 Å². The Bertz CT molecular complexity index is 203. The Labute approximate surface area is 92.1 Å². The third-order valence-electron chi connectivity index (χ3n) is 3.11. The van der Waals surface area contributed by atoms with E-state index < -0.39 is 0 Å². The van der Waals surface area contributed by atoms with Gasteiger partial charge in [0.1, 0.15) is 6.10 Å². The second kappa shape index (κ2) is 6.23. The first kappa shape index (κ1) is 12.7. The SMILES string of the molecule is CCC(=O)C(C)OC1CCCC(OC)C1. The largest absolute Gasteiger partial charge is 0.381 e. The van der Waals surface area contributed by atoms with E-state index in [9.17, 15) is 4.79 Å². The molecule has 3 nitrogen and oxygen atoms in total. The first-order valence-corrected chi connectivity index (χ1v) is 5.88. The molecule has 3 heteroatoms. The lowest BCUT2D eigenvalue weighted by atomic mass is 9.94. The standard InChI is InChI=1S/C12H22O3/c1-4-12(13)9(2)15-11-7-5-6-10(8-11)14-3/h9-11H,4-8H2,1-3H3. The van der Waals surface area contributed by atoms with Crippen LogP contribution in [0.4, 0.5) is 0 Å². The maximum absolute atomic E-state index is 11.4. The first-order valence-electron chi connectivity index (χ1n) is 5.88. The van der Waals surface area contributed by atoms with E-state index in [1.165, 1.54) is 0 Å². The molecule has 15 heavy (non-hydrogen) atoms. The van der Waals surface area contributed by atoms with Gasteiger partial charge in [-0.05, 0) is 32.6 Å². The van der Waals surface area contributed by atoms with Crippen molar-refractivity contribution in [2.75, 3.05) is 7.11 Å². The van der Waals surface area contributed by atoms with Gasteiger partial charge in [-0.15, -0.1) is 0 Å². The third kappa shape index (κ3) is 3.92. The highest BCUT2D eigenvalue weighted by atomic mass is 16.5. The zero-order valence-electron chi connectivity index (χ0n) is 9.99. The molecule has 0 aromatic heterocycles. The topological polar surface area (TPSA) is 35.5 Å². The third-order valence-corrected chi connectivity index (χ3v) is 3.11. The molecular weight excluding hydrogens is 192 g/mol. The van der Waals surface area contributed by atoms with Gasteiger partial charge in [0, 0.05) is 13.5 Å². The Balaban J connectivity index is 2.34. The molecule has 1 aliphatic carbocycles. The number of hydrogen-bond donors (Lipinski definition) is 0. The molecule has 0 radical (unpaired) electrons. The number of carbonyl (C=O) groups excluding carboxylic acids is 1. The summed E-state index contributed by atoms with van der Waals surface area (Å²) in [5.74, 6) is 0.189. The summed E-state index contributed by atoms with van der Waals surface area (Å²) in [6.07, 6.45) is 5.06. The lowest BCUT2D eigenvalue weighted by molar-refractivity contribution is -0.136. The van der Waals surface area contributed by atoms with Gasteiger partial charge in [0.15, 0.2) is 5.78 Å². The first-order chi connectivity index (χ1) is 7.17. The van der Waals surface area contributed by atoms with Crippen molar-refractivity contribution < 1.29 is 14.3 Å². The number of ether oxygens (including phenoxy) is 2. The molecule has 0 N–H and O–H groups in total. The summed E-state index contributed by atoms with van der Waals surface area (Å²) < 4.78 is 11.1. The Morgan fingerprint density at radius 1 is 1.40 bits per heavy atom. The molecule has 0 aromatic rings. The molecule has 0 amide bonds. The maximum atomic E-state index is 11.4. The van der Waals surface area contributed by atoms with Crippen LogP contribution in [0.25, 0.3) is 0 Å². The number of rotatable bonds is 5. The van der Waals surface area contributed by atoms with E-state index >= 15 is 0 Å². The molecule has 0 heterocycles. The van der Waals surface area contributed by atoms with Gasteiger partial charge in [-0.2, -0.15) is 0 Å². The molecular formula is C12H22O3. The summed E-state index contributed by atoms with van der Waals surface area (Å²) in [6.45, 7) is 3.73. The van der Waals surface area contributed by atoms with Crippen LogP contribution in [-0.4, -0.2) is 31.2 Å². The molecule has 88 valence electrons. The van der Waals surface area contributed by atoms with Crippen LogP contribution in [0.15, 0.2) is 0 Å². The van der Waals surface area contributed by atoms with Crippen LogP contribution in [0.3, 0.4) is 0 Å². The molecule has 3 atom stereocenters. The number of hydrogen-bond acceptors (Lipinski definition) is 3. The van der Waals surface area contributed by atoms with Crippen molar-refractivity contribution in [3.63, 3.8) is 0 Å². The molecule has 1 aliphatic rings. The van der Waals surface area contributed by atoms with Crippen molar-refractivity contribution in [3.05, 3.63) is 0 Å². The fourth-order valence-corrected chi connectivity index (χ4v) is 2.09. The molecule has 0 aliphatic heterocycles.